The van der Waals surface area contributed by atoms with E-state index in [0.717, 1.165) is 168 Å². The maximum atomic E-state index is 6.17. The summed E-state index contributed by atoms with van der Waals surface area (Å²) in [5.41, 5.74) is 28.2. The van der Waals surface area contributed by atoms with Gasteiger partial charge in [0.25, 0.3) is 0 Å². The molecule has 0 saturated heterocycles. The molecule has 408 valence electrons. The van der Waals surface area contributed by atoms with Crippen LogP contribution in [0.15, 0.2) is 108 Å². The van der Waals surface area contributed by atoms with Gasteiger partial charge in [-0.3, -0.25) is 28.7 Å². The average Bonchev–Trinajstić information content (AvgIpc) is 4.29. The Morgan fingerprint density at radius 1 is 0.620 bits per heavy atom. The van der Waals surface area contributed by atoms with Crippen LogP contribution in [0.2, 0.25) is 0 Å². The lowest BCUT2D eigenvalue weighted by Gasteiger charge is -2.17. The van der Waals surface area contributed by atoms with Crippen molar-refractivity contribution in [2.24, 2.45) is 41.5 Å². The Morgan fingerprint density at radius 2 is 1.11 bits per heavy atom. The highest BCUT2D eigenvalue weighted by atomic mass is 15.3. The zero-order chi connectivity index (χ0) is 55.0. The van der Waals surface area contributed by atoms with Crippen molar-refractivity contribution in [2.45, 2.75) is 65.5 Å². The smallest absolute Gasteiger partial charge is 0.228 e. The van der Waals surface area contributed by atoms with Gasteiger partial charge in [0, 0.05) is 135 Å². The Hall–Kier alpha value is -8.62. The fourth-order valence-corrected chi connectivity index (χ4v) is 10.1. The van der Waals surface area contributed by atoms with E-state index >= 15 is 0 Å². The van der Waals surface area contributed by atoms with Crippen LogP contribution in [0.5, 0.6) is 0 Å². The van der Waals surface area contributed by atoms with Crippen LogP contribution in [0.1, 0.15) is 60.3 Å². The van der Waals surface area contributed by atoms with E-state index in [1.54, 1.807) is 12.4 Å². The molecule has 20 heteroatoms. The third kappa shape index (κ3) is 12.6. The van der Waals surface area contributed by atoms with E-state index in [4.69, 9.17) is 46.7 Å². The highest BCUT2D eigenvalue weighted by Gasteiger charge is 2.29. The highest BCUT2D eigenvalue weighted by molar-refractivity contribution is 6.10. The van der Waals surface area contributed by atoms with E-state index in [-0.39, 0.29) is 0 Å². The molecule has 2 aliphatic rings. The van der Waals surface area contributed by atoms with Crippen LogP contribution in [0.4, 0.5) is 23.5 Å². The first-order valence-electron chi connectivity index (χ1n) is 27.2. The Bertz CT molecular complexity index is 3510. The number of anilines is 4. The van der Waals surface area contributed by atoms with Crippen LogP contribution in [-0.4, -0.2) is 135 Å². The summed E-state index contributed by atoms with van der Waals surface area (Å²) >= 11 is 0. The lowest BCUT2D eigenvalue weighted by Crippen LogP contribution is -2.24. The number of aliphatic imine (C=N–C) groups is 2. The summed E-state index contributed by atoms with van der Waals surface area (Å²) < 4.78 is 7.80. The number of aryl methyl sites for hydroxylation is 6. The van der Waals surface area contributed by atoms with Gasteiger partial charge < -0.3 is 31.9 Å². The number of allylic oxidation sites excluding steroid dienone is 2. The van der Waals surface area contributed by atoms with E-state index < -0.39 is 0 Å². The minimum Gasteiger partial charge on any atom is -0.404 e. The number of aromatic nitrogens is 12. The molecular weight excluding hydrogens is 989 g/mol. The van der Waals surface area contributed by atoms with Gasteiger partial charge in [-0.15, -0.1) is 0 Å². The summed E-state index contributed by atoms with van der Waals surface area (Å²) in [4.78, 5) is 33.2. The van der Waals surface area contributed by atoms with E-state index in [2.05, 4.69) is 119 Å². The average molecular weight is 1060 g/mol. The summed E-state index contributed by atoms with van der Waals surface area (Å²) in [5, 5.41) is 26.0. The molecule has 0 radical (unpaired) electrons. The molecule has 0 saturated carbocycles. The van der Waals surface area contributed by atoms with Gasteiger partial charge in [0.05, 0.1) is 47.3 Å². The minimum absolute atomic E-state index is 0.479. The molecule has 0 amide bonds. The molecule has 20 nitrogen and oxygen atoms in total. The number of fused-ring (bicyclic) bond motifs is 6. The monoisotopic (exact) mass is 1060 g/mol. The van der Waals surface area contributed by atoms with Gasteiger partial charge in [0.1, 0.15) is 0 Å². The maximum Gasteiger partial charge on any atom is 0.228 e. The summed E-state index contributed by atoms with van der Waals surface area (Å²) in [6, 6.07) is 20.7. The molecule has 0 fully saturated rings. The molecule has 2 aliphatic carbocycles. The van der Waals surface area contributed by atoms with Crippen molar-refractivity contribution in [3.05, 3.63) is 131 Å². The first-order valence-corrected chi connectivity index (χ1v) is 27.2. The predicted molar refractivity (Wildman–Crippen MR) is 316 cm³/mol. The Kier molecular flexibility index (Phi) is 16.6. The number of hydrogen-bond donors (Lipinski definition) is 4. The van der Waals surface area contributed by atoms with Crippen molar-refractivity contribution in [1.82, 2.24) is 68.9 Å². The lowest BCUT2D eigenvalue weighted by molar-refractivity contribution is 0.306. The lowest BCUT2D eigenvalue weighted by atomic mass is 9.91. The van der Waals surface area contributed by atoms with E-state index in [9.17, 15) is 0 Å². The molecule has 10 rings (SSSR count). The van der Waals surface area contributed by atoms with Gasteiger partial charge >= 0.3 is 0 Å². The van der Waals surface area contributed by atoms with Crippen molar-refractivity contribution in [1.29, 1.82) is 0 Å². The molecule has 2 aromatic carbocycles. The second-order valence-corrected chi connectivity index (χ2v) is 21.0. The van der Waals surface area contributed by atoms with Crippen molar-refractivity contribution >= 4 is 47.1 Å². The molecule has 8 aromatic rings. The maximum absolute atomic E-state index is 6.17. The Balaban J connectivity index is 0.693. The van der Waals surface area contributed by atoms with Crippen LogP contribution in [-0.2, 0) is 52.9 Å². The second-order valence-electron chi connectivity index (χ2n) is 21.0. The third-order valence-electron chi connectivity index (χ3n) is 14.3. The van der Waals surface area contributed by atoms with Crippen LogP contribution in [0, 0.1) is 5.92 Å². The van der Waals surface area contributed by atoms with E-state index in [0.29, 0.717) is 36.0 Å². The van der Waals surface area contributed by atoms with Gasteiger partial charge in [-0.25, -0.2) is 19.9 Å². The standard InChI is InChI=1S/C59H72N20/c1-39(2)34-63-36-47(33-61)41-12-16-43(17-13-41)57-53-49(71-77(57)7)21-19-45-38-65-59(69-55(45)53)67-51-23-27-79(73-51)31-29-75(5)25-9-8-24-62-35-46(32-60)40-10-14-42(15-11-40)56-52-48(70-76(56)6)20-18-44-37-64-58(68-54(44)52)66-50-22-26-78(72-50)30-28-74(3)4/h10-17,22-23,26-27,32-33,35-39H,8-9,18-21,24-25,28-31,34,60-61H2,1-7H3,(H,64,66,68,72)(H,65,67,69,73). The van der Waals surface area contributed by atoms with Crippen LogP contribution >= 0.6 is 0 Å². The summed E-state index contributed by atoms with van der Waals surface area (Å²) in [7, 11) is 10.2. The molecule has 0 bridgehead atoms. The number of likely N-dealkylation sites (N-methyl/N-ethyl adjacent to an activating group) is 2. The number of nitrogens with two attached hydrogens (primary N) is 2. The van der Waals surface area contributed by atoms with Crippen LogP contribution in [0.3, 0.4) is 0 Å². The van der Waals surface area contributed by atoms with Gasteiger partial charge in [-0.05, 0) is 94.4 Å². The summed E-state index contributed by atoms with van der Waals surface area (Å²) in [6.45, 7) is 9.99. The first kappa shape index (κ1) is 53.8. The fourth-order valence-electron chi connectivity index (χ4n) is 10.1. The number of rotatable bonds is 23. The zero-order valence-corrected chi connectivity index (χ0v) is 46.5. The topological polar surface area (TPSA) is 230 Å². The van der Waals surface area contributed by atoms with Crippen molar-refractivity contribution in [3.63, 3.8) is 0 Å². The van der Waals surface area contributed by atoms with Gasteiger partial charge in [0.15, 0.2) is 11.6 Å². The third-order valence-corrected chi connectivity index (χ3v) is 14.3. The molecule has 0 atom stereocenters. The largest absolute Gasteiger partial charge is 0.404 e. The molecule has 6 aromatic heterocycles. The van der Waals surface area contributed by atoms with Crippen LogP contribution in [0.25, 0.3) is 56.2 Å². The van der Waals surface area contributed by atoms with Crippen molar-refractivity contribution in [3.8, 4) is 45.0 Å². The number of nitrogens with zero attached hydrogens (tertiary/aromatic N) is 16. The van der Waals surface area contributed by atoms with Gasteiger partial charge in [0.2, 0.25) is 11.9 Å². The molecule has 79 heavy (non-hydrogen) atoms. The van der Waals surface area contributed by atoms with Gasteiger partial charge in [-0.2, -0.15) is 20.4 Å². The second kappa shape index (κ2) is 24.4. The summed E-state index contributed by atoms with van der Waals surface area (Å²) in [6.07, 6.45) is 20.1. The summed E-state index contributed by atoms with van der Waals surface area (Å²) in [5.74, 6) is 2.87. The Labute approximate surface area is 462 Å². The zero-order valence-electron chi connectivity index (χ0n) is 46.5. The first-order chi connectivity index (χ1) is 38.4. The van der Waals surface area contributed by atoms with E-state index in [1.807, 2.05) is 82.2 Å². The number of benzene rings is 2. The van der Waals surface area contributed by atoms with Crippen molar-refractivity contribution < 1.29 is 0 Å². The van der Waals surface area contributed by atoms with Gasteiger partial charge in [-0.1, -0.05) is 62.4 Å². The SMILES string of the molecule is CC(C)CN=CC(=CN)c1ccc(-c2c3c(nn2C)CCc2cnc(Nc4ccn(CCN(C)CCCCN=CC(=CN)c5ccc(-c6c7c(nn6C)CCc6cnc(Nc8ccn(CCN(C)C)n8)nc6-7)cc5)n4)nc2-3)cc1. The highest BCUT2D eigenvalue weighted by Crippen LogP contribution is 2.41. The Morgan fingerprint density at radius 3 is 1.59 bits per heavy atom. The molecular formula is C59H72N20. The minimum atomic E-state index is 0.479. The molecule has 0 aliphatic heterocycles. The fraction of sp³-hybridized carbons (Fsp3) is 0.356. The van der Waals surface area contributed by atoms with E-state index in [1.165, 1.54) is 0 Å². The van der Waals surface area contributed by atoms with Crippen LogP contribution < -0.4 is 22.1 Å². The number of nitrogens with one attached hydrogen (secondary N) is 2. The van der Waals surface area contributed by atoms with Crippen molar-refractivity contribution in [2.75, 3.05) is 64.5 Å². The molecule has 6 heterocycles. The molecule has 0 unspecified atom stereocenters. The molecule has 6 N–H and O–H groups in total. The quantitative estimate of drug-likeness (QED) is 0.0353. The predicted octanol–water partition coefficient (Wildman–Crippen LogP) is 7.85. The molecule has 0 spiro atoms. The number of unbranched alkanes of at least 4 members (excludes halogenated alkanes) is 1. The normalized spacial score (nSPS) is 13.5. The number of hydrogen-bond acceptors (Lipinski definition) is 16.